The fourth-order valence-corrected chi connectivity index (χ4v) is 1.22. The third-order valence-electron chi connectivity index (χ3n) is 2.18. The van der Waals surface area contributed by atoms with Gasteiger partial charge in [-0.2, -0.15) is 0 Å². The maximum atomic E-state index is 10.4. The first kappa shape index (κ1) is 11.7. The van der Waals surface area contributed by atoms with E-state index in [1.165, 1.54) is 6.92 Å². The van der Waals surface area contributed by atoms with Crippen molar-refractivity contribution < 1.29 is 9.90 Å². The van der Waals surface area contributed by atoms with Crippen LogP contribution in [0.3, 0.4) is 0 Å². The summed E-state index contributed by atoms with van der Waals surface area (Å²) >= 11 is 0. The molecule has 0 saturated carbocycles. The van der Waals surface area contributed by atoms with E-state index < -0.39 is 5.60 Å². The highest BCUT2D eigenvalue weighted by molar-refractivity contribution is 5.61. The lowest BCUT2D eigenvalue weighted by atomic mass is 10.0. The molecule has 2 heteroatoms. The Labute approximate surface area is 90.3 Å². The minimum Gasteiger partial charge on any atom is -0.383 e. The van der Waals surface area contributed by atoms with Gasteiger partial charge < -0.3 is 9.90 Å². The first-order valence-corrected chi connectivity index (χ1v) is 5.04. The van der Waals surface area contributed by atoms with E-state index in [0.717, 1.165) is 5.56 Å². The van der Waals surface area contributed by atoms with Gasteiger partial charge in [-0.25, -0.2) is 0 Å². The molecule has 0 heterocycles. The van der Waals surface area contributed by atoms with E-state index in [4.69, 9.17) is 0 Å². The Hall–Kier alpha value is -1.41. The van der Waals surface area contributed by atoms with Crippen molar-refractivity contribution >= 4 is 12.4 Å². The summed E-state index contributed by atoms with van der Waals surface area (Å²) in [5.74, 6) is 0. The molecule has 0 aromatic heterocycles. The van der Waals surface area contributed by atoms with Gasteiger partial charge in [0.25, 0.3) is 0 Å². The molecule has 0 amide bonds. The molecule has 1 N–H and O–H groups in total. The minimum atomic E-state index is -1.19. The zero-order chi connectivity index (χ0) is 11.1. The molecule has 1 aromatic rings. The van der Waals surface area contributed by atoms with E-state index in [9.17, 15) is 9.90 Å². The molecule has 0 bridgehead atoms. The van der Waals surface area contributed by atoms with Crippen LogP contribution in [0.1, 0.15) is 25.3 Å². The Balaban J connectivity index is 2.38. The van der Waals surface area contributed by atoms with Gasteiger partial charge in [0.2, 0.25) is 0 Å². The van der Waals surface area contributed by atoms with Crippen LogP contribution < -0.4 is 0 Å². The summed E-state index contributed by atoms with van der Waals surface area (Å²) < 4.78 is 0. The predicted octanol–water partition coefficient (Wildman–Crippen LogP) is 2.43. The van der Waals surface area contributed by atoms with Crippen LogP contribution in [0.25, 0.3) is 6.08 Å². The molecule has 1 aromatic carbocycles. The molecule has 1 unspecified atom stereocenters. The molecular formula is C13H16O2. The smallest absolute Gasteiger partial charge is 0.151 e. The van der Waals surface area contributed by atoms with E-state index in [0.29, 0.717) is 19.1 Å². The second-order valence-corrected chi connectivity index (χ2v) is 3.83. The summed E-state index contributed by atoms with van der Waals surface area (Å²) in [4.78, 5) is 10.4. The number of hydrogen-bond acceptors (Lipinski definition) is 2. The van der Waals surface area contributed by atoms with Crippen LogP contribution in [0.2, 0.25) is 0 Å². The summed E-state index contributed by atoms with van der Waals surface area (Å²) in [5.41, 5.74) is -0.0654. The van der Waals surface area contributed by atoms with E-state index >= 15 is 0 Å². The van der Waals surface area contributed by atoms with Crippen molar-refractivity contribution in [3.05, 3.63) is 42.0 Å². The van der Waals surface area contributed by atoms with Crippen LogP contribution >= 0.6 is 0 Å². The van der Waals surface area contributed by atoms with Crippen LogP contribution in [-0.2, 0) is 4.79 Å². The van der Waals surface area contributed by atoms with E-state index in [-0.39, 0.29) is 0 Å². The molecule has 0 radical (unpaired) electrons. The number of aliphatic hydroxyl groups is 1. The van der Waals surface area contributed by atoms with Crippen molar-refractivity contribution in [2.45, 2.75) is 25.4 Å². The summed E-state index contributed by atoms with van der Waals surface area (Å²) in [7, 11) is 0. The van der Waals surface area contributed by atoms with E-state index in [1.807, 2.05) is 42.5 Å². The Morgan fingerprint density at radius 3 is 2.60 bits per heavy atom. The van der Waals surface area contributed by atoms with Crippen molar-refractivity contribution in [2.75, 3.05) is 0 Å². The lowest BCUT2D eigenvalue weighted by molar-refractivity contribution is -0.122. The number of carbonyl (C=O) groups is 1. The summed E-state index contributed by atoms with van der Waals surface area (Å²) in [6.45, 7) is 1.52. The molecule has 80 valence electrons. The third-order valence-corrected chi connectivity index (χ3v) is 2.18. The standard InChI is InChI=1S/C13H16O2/c1-13(15,11-14)10-6-5-9-12-7-3-2-4-8-12/h2-5,7-9,11,15H,6,10H2,1H3/b9-5+. The molecule has 1 atom stereocenters. The van der Waals surface area contributed by atoms with Crippen molar-refractivity contribution in [1.82, 2.24) is 0 Å². The van der Waals surface area contributed by atoms with Gasteiger partial charge in [0.15, 0.2) is 6.29 Å². The first-order valence-electron chi connectivity index (χ1n) is 5.04. The number of benzene rings is 1. The van der Waals surface area contributed by atoms with Crippen LogP contribution in [-0.4, -0.2) is 17.0 Å². The highest BCUT2D eigenvalue weighted by Crippen LogP contribution is 2.10. The van der Waals surface area contributed by atoms with Crippen molar-refractivity contribution in [1.29, 1.82) is 0 Å². The number of rotatable bonds is 5. The lowest BCUT2D eigenvalue weighted by Gasteiger charge is -2.12. The summed E-state index contributed by atoms with van der Waals surface area (Å²) in [6.07, 6.45) is 5.69. The van der Waals surface area contributed by atoms with Gasteiger partial charge in [0, 0.05) is 0 Å². The Morgan fingerprint density at radius 1 is 1.33 bits per heavy atom. The van der Waals surface area contributed by atoms with Crippen LogP contribution in [0.15, 0.2) is 36.4 Å². The summed E-state index contributed by atoms with van der Waals surface area (Å²) in [5, 5.41) is 9.42. The highest BCUT2D eigenvalue weighted by atomic mass is 16.3. The van der Waals surface area contributed by atoms with Crippen molar-refractivity contribution in [2.24, 2.45) is 0 Å². The zero-order valence-corrected chi connectivity index (χ0v) is 8.89. The van der Waals surface area contributed by atoms with Crippen molar-refractivity contribution in [3.63, 3.8) is 0 Å². The Morgan fingerprint density at radius 2 is 2.00 bits per heavy atom. The largest absolute Gasteiger partial charge is 0.383 e. The molecule has 0 aliphatic heterocycles. The molecular weight excluding hydrogens is 188 g/mol. The number of allylic oxidation sites excluding steroid dienone is 1. The highest BCUT2D eigenvalue weighted by Gasteiger charge is 2.16. The second kappa shape index (κ2) is 5.47. The monoisotopic (exact) mass is 204 g/mol. The molecule has 15 heavy (non-hydrogen) atoms. The topological polar surface area (TPSA) is 37.3 Å². The number of hydrogen-bond donors (Lipinski definition) is 1. The lowest BCUT2D eigenvalue weighted by Crippen LogP contribution is -2.25. The fourth-order valence-electron chi connectivity index (χ4n) is 1.22. The Bertz CT molecular complexity index is 326. The van der Waals surface area contributed by atoms with Gasteiger partial charge in [-0.15, -0.1) is 0 Å². The van der Waals surface area contributed by atoms with Gasteiger partial charge in [0.05, 0.1) is 0 Å². The minimum absolute atomic E-state index is 0.458. The average molecular weight is 204 g/mol. The normalized spacial score (nSPS) is 15.1. The molecule has 2 nitrogen and oxygen atoms in total. The van der Waals surface area contributed by atoms with Gasteiger partial charge in [0.1, 0.15) is 5.60 Å². The van der Waals surface area contributed by atoms with Crippen LogP contribution in [0.4, 0.5) is 0 Å². The van der Waals surface area contributed by atoms with E-state index in [2.05, 4.69) is 0 Å². The fraction of sp³-hybridized carbons (Fsp3) is 0.308. The predicted molar refractivity (Wildman–Crippen MR) is 61.4 cm³/mol. The molecule has 0 spiro atoms. The molecule has 0 saturated heterocycles. The summed E-state index contributed by atoms with van der Waals surface area (Å²) in [6, 6.07) is 9.93. The number of carbonyl (C=O) groups excluding carboxylic acids is 1. The van der Waals surface area contributed by atoms with Crippen LogP contribution in [0, 0.1) is 0 Å². The maximum Gasteiger partial charge on any atom is 0.151 e. The van der Waals surface area contributed by atoms with Gasteiger partial charge in [-0.1, -0.05) is 42.5 Å². The number of aldehydes is 1. The molecule has 0 aliphatic carbocycles. The SMILES string of the molecule is CC(O)(C=O)CC/C=C/c1ccccc1. The van der Waals surface area contributed by atoms with E-state index in [1.54, 1.807) is 0 Å². The Kier molecular flexibility index (Phi) is 4.25. The molecule has 0 aliphatic rings. The van der Waals surface area contributed by atoms with Crippen LogP contribution in [0.5, 0.6) is 0 Å². The second-order valence-electron chi connectivity index (χ2n) is 3.83. The maximum absolute atomic E-state index is 10.4. The average Bonchev–Trinajstić information content (AvgIpc) is 2.26. The first-order chi connectivity index (χ1) is 7.14. The van der Waals surface area contributed by atoms with Gasteiger partial charge in [-0.05, 0) is 25.3 Å². The molecule has 1 rings (SSSR count). The quantitative estimate of drug-likeness (QED) is 0.748. The van der Waals surface area contributed by atoms with Crippen molar-refractivity contribution in [3.8, 4) is 0 Å². The molecule has 0 fully saturated rings. The van der Waals surface area contributed by atoms with Gasteiger partial charge in [-0.3, -0.25) is 0 Å². The third kappa shape index (κ3) is 4.56. The van der Waals surface area contributed by atoms with Gasteiger partial charge >= 0.3 is 0 Å². The zero-order valence-electron chi connectivity index (χ0n) is 8.89.